The van der Waals surface area contributed by atoms with Crippen molar-refractivity contribution in [3.8, 4) is 0 Å². The Kier molecular flexibility index (Phi) is 4.86. The number of pyridine rings is 1. The molecule has 3 N–H and O–H groups in total. The minimum atomic E-state index is 0.129. The lowest BCUT2D eigenvalue weighted by molar-refractivity contribution is 0.518. The van der Waals surface area contributed by atoms with Gasteiger partial charge in [-0.15, -0.1) is 11.3 Å². The predicted octanol–water partition coefficient (Wildman–Crippen LogP) is 5.68. The van der Waals surface area contributed by atoms with Gasteiger partial charge in [0.15, 0.2) is 0 Å². The van der Waals surface area contributed by atoms with Crippen molar-refractivity contribution in [2.75, 3.05) is 5.32 Å². The molecule has 130 valence electrons. The van der Waals surface area contributed by atoms with Crippen molar-refractivity contribution in [3.63, 3.8) is 0 Å². The van der Waals surface area contributed by atoms with E-state index in [1.54, 1.807) is 17.6 Å². The highest BCUT2D eigenvalue weighted by Crippen LogP contribution is 2.45. The fourth-order valence-corrected chi connectivity index (χ4v) is 5.59. The Morgan fingerprint density at radius 2 is 2.24 bits per heavy atom. The van der Waals surface area contributed by atoms with Crippen LogP contribution < -0.4 is 11.1 Å². The van der Waals surface area contributed by atoms with Crippen molar-refractivity contribution in [1.29, 1.82) is 0 Å². The van der Waals surface area contributed by atoms with Crippen molar-refractivity contribution in [1.82, 2.24) is 4.98 Å². The van der Waals surface area contributed by atoms with E-state index in [2.05, 4.69) is 38.4 Å². The van der Waals surface area contributed by atoms with E-state index in [0.29, 0.717) is 17.6 Å². The first-order valence-corrected chi connectivity index (χ1v) is 10.1. The minimum absolute atomic E-state index is 0.129. The van der Waals surface area contributed by atoms with Crippen LogP contribution in [0.4, 0.5) is 5.69 Å². The topological polar surface area (TPSA) is 64.1 Å². The maximum Gasteiger partial charge on any atom is 0.131 e. The zero-order valence-corrected chi connectivity index (χ0v) is 16.5. The number of nitrogens with zero attached hydrogens (tertiary/aromatic N) is 1. The van der Waals surface area contributed by atoms with Crippen LogP contribution in [-0.2, 0) is 6.54 Å². The third-order valence-electron chi connectivity index (χ3n) is 4.43. The van der Waals surface area contributed by atoms with Crippen molar-refractivity contribution >= 4 is 54.8 Å². The molecule has 0 bridgehead atoms. The van der Waals surface area contributed by atoms with Gasteiger partial charge < -0.3 is 15.5 Å². The Labute approximate surface area is 163 Å². The molecule has 1 aliphatic rings. The molecular formula is C18H17BrClN3OS. The predicted molar refractivity (Wildman–Crippen MR) is 107 cm³/mol. The van der Waals surface area contributed by atoms with Crippen molar-refractivity contribution in [2.24, 2.45) is 5.73 Å². The van der Waals surface area contributed by atoms with Gasteiger partial charge in [0.05, 0.1) is 33.2 Å². The highest BCUT2D eigenvalue weighted by Gasteiger charge is 2.27. The SMILES string of the molecule is N[C@H]1CC=CC[C@@H]1c1sc2c(NCc3ccco3)cc(Cl)nc2c1Br. The number of furan rings is 1. The van der Waals surface area contributed by atoms with Crippen LogP contribution in [0.25, 0.3) is 10.2 Å². The Morgan fingerprint density at radius 1 is 1.40 bits per heavy atom. The molecule has 3 aromatic heterocycles. The molecule has 0 amide bonds. The molecule has 2 atom stereocenters. The molecule has 0 aliphatic heterocycles. The van der Waals surface area contributed by atoms with E-state index in [-0.39, 0.29) is 6.04 Å². The smallest absolute Gasteiger partial charge is 0.131 e. The summed E-state index contributed by atoms with van der Waals surface area (Å²) < 4.78 is 7.48. The lowest BCUT2D eigenvalue weighted by Crippen LogP contribution is -2.29. The minimum Gasteiger partial charge on any atom is -0.467 e. The van der Waals surface area contributed by atoms with Gasteiger partial charge in [0.1, 0.15) is 10.9 Å². The second-order valence-corrected chi connectivity index (χ2v) is 8.33. The normalized spacial score (nSPS) is 20.3. The monoisotopic (exact) mass is 437 g/mol. The average molecular weight is 439 g/mol. The molecule has 3 heterocycles. The van der Waals surface area contributed by atoms with E-state index < -0.39 is 0 Å². The molecule has 7 heteroatoms. The summed E-state index contributed by atoms with van der Waals surface area (Å²) >= 11 is 11.7. The van der Waals surface area contributed by atoms with Crippen LogP contribution in [0.2, 0.25) is 5.15 Å². The van der Waals surface area contributed by atoms with E-state index >= 15 is 0 Å². The van der Waals surface area contributed by atoms with Gasteiger partial charge in [-0.05, 0) is 40.9 Å². The molecule has 0 fully saturated rings. The van der Waals surface area contributed by atoms with Crippen LogP contribution in [0.1, 0.15) is 29.4 Å². The fourth-order valence-electron chi connectivity index (χ4n) is 3.13. The second-order valence-electron chi connectivity index (χ2n) is 6.10. The number of nitrogens with one attached hydrogen (secondary N) is 1. The molecule has 0 aromatic carbocycles. The van der Waals surface area contributed by atoms with Crippen LogP contribution in [-0.4, -0.2) is 11.0 Å². The van der Waals surface area contributed by atoms with Crippen LogP contribution in [0.3, 0.4) is 0 Å². The number of anilines is 1. The molecule has 25 heavy (non-hydrogen) atoms. The summed E-state index contributed by atoms with van der Waals surface area (Å²) in [6, 6.07) is 5.81. The molecular weight excluding hydrogens is 422 g/mol. The first-order valence-electron chi connectivity index (χ1n) is 8.08. The molecule has 0 saturated carbocycles. The standard InChI is InChI=1S/C18H17BrClN3OS/c19-15-16-18(25-17(15)11-5-1-2-6-12(11)21)13(8-14(20)23-16)22-9-10-4-3-7-24-10/h1-4,7-8,11-12H,5-6,9,21H2,(H,22,23)/t11-,12-/m0/s1. The Hall–Kier alpha value is -1.34. The summed E-state index contributed by atoms with van der Waals surface area (Å²) in [6.07, 6.45) is 7.90. The number of hydrogen-bond acceptors (Lipinski definition) is 5. The van der Waals surface area contributed by atoms with Gasteiger partial charge in [0, 0.05) is 22.9 Å². The van der Waals surface area contributed by atoms with Crippen LogP contribution in [0.15, 0.2) is 45.5 Å². The number of fused-ring (bicyclic) bond motifs is 1. The number of halogens is 2. The Balaban J connectivity index is 1.73. The van der Waals surface area contributed by atoms with Gasteiger partial charge >= 0.3 is 0 Å². The summed E-state index contributed by atoms with van der Waals surface area (Å²) in [5.74, 6) is 1.17. The Morgan fingerprint density at radius 3 is 3.00 bits per heavy atom. The largest absolute Gasteiger partial charge is 0.467 e. The zero-order valence-electron chi connectivity index (χ0n) is 13.3. The average Bonchev–Trinajstić information content (AvgIpc) is 3.22. The molecule has 4 nitrogen and oxygen atoms in total. The summed E-state index contributed by atoms with van der Waals surface area (Å²) in [4.78, 5) is 5.77. The van der Waals surface area contributed by atoms with E-state index in [9.17, 15) is 0 Å². The number of nitrogens with two attached hydrogens (primary N) is 1. The van der Waals surface area contributed by atoms with E-state index in [1.165, 1.54) is 4.88 Å². The van der Waals surface area contributed by atoms with Crippen molar-refractivity contribution < 1.29 is 4.42 Å². The number of rotatable bonds is 4. The van der Waals surface area contributed by atoms with Gasteiger partial charge in [0.2, 0.25) is 0 Å². The van der Waals surface area contributed by atoms with Crippen LogP contribution in [0.5, 0.6) is 0 Å². The molecule has 0 spiro atoms. The van der Waals surface area contributed by atoms with E-state index in [0.717, 1.165) is 39.0 Å². The number of aromatic nitrogens is 1. The number of allylic oxidation sites excluding steroid dienone is 1. The van der Waals surface area contributed by atoms with E-state index in [1.807, 2.05) is 18.2 Å². The van der Waals surface area contributed by atoms with Crippen LogP contribution in [0, 0.1) is 0 Å². The molecule has 0 radical (unpaired) electrons. The van der Waals surface area contributed by atoms with Crippen LogP contribution >= 0.6 is 38.9 Å². The van der Waals surface area contributed by atoms with Crippen molar-refractivity contribution in [2.45, 2.75) is 31.3 Å². The van der Waals surface area contributed by atoms with Gasteiger partial charge in [-0.1, -0.05) is 23.8 Å². The second kappa shape index (κ2) is 7.11. The van der Waals surface area contributed by atoms with Crippen molar-refractivity contribution in [3.05, 3.63) is 56.9 Å². The fraction of sp³-hybridized carbons (Fsp3) is 0.278. The molecule has 0 saturated heterocycles. The number of thiophene rings is 1. The summed E-state index contributed by atoms with van der Waals surface area (Å²) in [5.41, 5.74) is 8.20. The summed E-state index contributed by atoms with van der Waals surface area (Å²) in [6.45, 7) is 0.596. The number of hydrogen-bond donors (Lipinski definition) is 2. The highest BCUT2D eigenvalue weighted by atomic mass is 79.9. The third-order valence-corrected chi connectivity index (χ3v) is 7.03. The third kappa shape index (κ3) is 3.36. The van der Waals surface area contributed by atoms with E-state index in [4.69, 9.17) is 21.8 Å². The van der Waals surface area contributed by atoms with Gasteiger partial charge in [-0.3, -0.25) is 0 Å². The lowest BCUT2D eigenvalue weighted by Gasteiger charge is -2.24. The molecule has 0 unspecified atom stereocenters. The zero-order chi connectivity index (χ0) is 17.4. The quantitative estimate of drug-likeness (QED) is 0.406. The molecule has 3 aromatic rings. The van der Waals surface area contributed by atoms with Gasteiger partial charge in [-0.25, -0.2) is 4.98 Å². The first-order chi connectivity index (χ1) is 12.1. The van der Waals surface area contributed by atoms with Gasteiger partial charge in [0.25, 0.3) is 0 Å². The lowest BCUT2D eigenvalue weighted by atomic mass is 9.88. The van der Waals surface area contributed by atoms with Gasteiger partial charge in [-0.2, -0.15) is 0 Å². The molecule has 4 rings (SSSR count). The highest BCUT2D eigenvalue weighted by molar-refractivity contribution is 9.10. The maximum atomic E-state index is 6.35. The summed E-state index contributed by atoms with van der Waals surface area (Å²) in [5, 5.41) is 3.88. The summed E-state index contributed by atoms with van der Waals surface area (Å²) in [7, 11) is 0. The maximum absolute atomic E-state index is 6.35. The Bertz CT molecular complexity index is 922. The molecule has 1 aliphatic carbocycles. The first kappa shape index (κ1) is 17.1.